The van der Waals surface area contributed by atoms with Crippen molar-refractivity contribution < 1.29 is 4.52 Å². The summed E-state index contributed by atoms with van der Waals surface area (Å²) in [6, 6.07) is 2.41. The molecule has 0 aromatic carbocycles. The molecule has 0 radical (unpaired) electrons. The smallest absolute Gasteiger partial charge is 0.277 e. The lowest BCUT2D eigenvalue weighted by Gasteiger charge is -2.11. The number of hydrogen-bond acceptors (Lipinski definition) is 5. The molecular formula is C12H17N5O. The Labute approximate surface area is 106 Å². The van der Waals surface area contributed by atoms with E-state index in [1.54, 1.807) is 6.20 Å². The van der Waals surface area contributed by atoms with E-state index in [0.29, 0.717) is 17.9 Å². The molecule has 1 aliphatic carbocycles. The first-order chi connectivity index (χ1) is 8.75. The van der Waals surface area contributed by atoms with E-state index >= 15 is 0 Å². The zero-order chi connectivity index (χ0) is 12.5. The molecule has 1 fully saturated rings. The molecule has 6 heteroatoms. The number of aromatic nitrogens is 4. The molecule has 0 unspecified atom stereocenters. The fourth-order valence-corrected chi connectivity index (χ4v) is 2.42. The van der Waals surface area contributed by atoms with Gasteiger partial charge in [-0.3, -0.25) is 4.68 Å². The van der Waals surface area contributed by atoms with Crippen LogP contribution in [0.5, 0.6) is 0 Å². The van der Waals surface area contributed by atoms with Crippen LogP contribution in [0.4, 0.5) is 5.95 Å². The second kappa shape index (κ2) is 4.44. The van der Waals surface area contributed by atoms with Crippen LogP contribution in [0.2, 0.25) is 0 Å². The molecule has 0 bridgehead atoms. The van der Waals surface area contributed by atoms with Crippen LogP contribution in [0.25, 0.3) is 11.6 Å². The van der Waals surface area contributed by atoms with Gasteiger partial charge >= 0.3 is 0 Å². The van der Waals surface area contributed by atoms with E-state index in [1.165, 1.54) is 25.7 Å². The molecule has 18 heavy (non-hydrogen) atoms. The fourth-order valence-electron chi connectivity index (χ4n) is 2.42. The van der Waals surface area contributed by atoms with Crippen molar-refractivity contribution in [2.24, 2.45) is 0 Å². The second-order valence-corrected chi connectivity index (χ2v) is 4.89. The number of hydrogen-bond donors (Lipinski definition) is 0. The molecule has 0 spiro atoms. The predicted octanol–water partition coefficient (Wildman–Crippen LogP) is 2.11. The van der Waals surface area contributed by atoms with Crippen molar-refractivity contribution >= 4 is 5.95 Å². The van der Waals surface area contributed by atoms with E-state index in [-0.39, 0.29) is 0 Å². The molecule has 6 nitrogen and oxygen atoms in total. The second-order valence-electron chi connectivity index (χ2n) is 4.89. The van der Waals surface area contributed by atoms with Crippen LogP contribution in [0.1, 0.15) is 31.7 Å². The van der Waals surface area contributed by atoms with Crippen molar-refractivity contribution in [3.05, 3.63) is 12.3 Å². The van der Waals surface area contributed by atoms with Crippen LogP contribution in [0.3, 0.4) is 0 Å². The molecule has 0 N–H and O–H groups in total. The first kappa shape index (κ1) is 11.3. The van der Waals surface area contributed by atoms with Gasteiger partial charge in [-0.2, -0.15) is 10.1 Å². The van der Waals surface area contributed by atoms with E-state index < -0.39 is 0 Å². The molecule has 0 atom stereocenters. The van der Waals surface area contributed by atoms with Crippen molar-refractivity contribution in [3.8, 4) is 11.6 Å². The third-order valence-corrected chi connectivity index (χ3v) is 3.38. The van der Waals surface area contributed by atoms with Gasteiger partial charge in [-0.1, -0.05) is 12.8 Å². The summed E-state index contributed by atoms with van der Waals surface area (Å²) in [7, 11) is 3.78. The summed E-state index contributed by atoms with van der Waals surface area (Å²) in [5.41, 5.74) is 0.919. The summed E-state index contributed by atoms with van der Waals surface area (Å²) < 4.78 is 7.33. The maximum absolute atomic E-state index is 5.31. The predicted molar refractivity (Wildman–Crippen MR) is 67.4 cm³/mol. The molecule has 0 amide bonds. The molecule has 1 saturated carbocycles. The molecule has 2 aromatic heterocycles. The van der Waals surface area contributed by atoms with E-state index in [2.05, 4.69) is 15.2 Å². The Kier molecular flexibility index (Phi) is 2.77. The summed E-state index contributed by atoms with van der Waals surface area (Å²) in [6.45, 7) is 0. The highest BCUT2D eigenvalue weighted by molar-refractivity contribution is 5.49. The van der Waals surface area contributed by atoms with Gasteiger partial charge in [-0.25, -0.2) is 0 Å². The van der Waals surface area contributed by atoms with Crippen LogP contribution in [0, 0.1) is 0 Å². The molecule has 1 aliphatic rings. The number of rotatable bonds is 3. The van der Waals surface area contributed by atoms with E-state index in [0.717, 1.165) is 5.69 Å². The SMILES string of the molecule is CN(C)c1noc(-c2ccnn2C2CCCC2)n1. The van der Waals surface area contributed by atoms with Crippen LogP contribution in [-0.4, -0.2) is 34.0 Å². The lowest BCUT2D eigenvalue weighted by atomic mass is 10.2. The van der Waals surface area contributed by atoms with Gasteiger partial charge in [0.1, 0.15) is 5.69 Å². The lowest BCUT2D eigenvalue weighted by Crippen LogP contribution is -2.10. The summed E-state index contributed by atoms with van der Waals surface area (Å²) >= 11 is 0. The van der Waals surface area contributed by atoms with Crippen molar-refractivity contribution in [3.63, 3.8) is 0 Å². The van der Waals surface area contributed by atoms with Gasteiger partial charge < -0.3 is 9.42 Å². The highest BCUT2D eigenvalue weighted by atomic mass is 16.5. The third kappa shape index (κ3) is 1.87. The van der Waals surface area contributed by atoms with Crippen molar-refractivity contribution in [2.45, 2.75) is 31.7 Å². The Hall–Kier alpha value is -1.85. The zero-order valence-corrected chi connectivity index (χ0v) is 10.7. The summed E-state index contributed by atoms with van der Waals surface area (Å²) in [5.74, 6) is 1.13. The standard InChI is InChI=1S/C12H17N5O/c1-16(2)12-14-11(18-15-12)10-7-8-13-17(10)9-5-3-4-6-9/h7-9H,3-6H2,1-2H3. The monoisotopic (exact) mass is 247 g/mol. The van der Waals surface area contributed by atoms with Crippen LogP contribution >= 0.6 is 0 Å². The van der Waals surface area contributed by atoms with Gasteiger partial charge in [0.05, 0.1) is 6.04 Å². The Morgan fingerprint density at radius 1 is 1.33 bits per heavy atom. The van der Waals surface area contributed by atoms with Crippen molar-refractivity contribution in [2.75, 3.05) is 19.0 Å². The van der Waals surface area contributed by atoms with Crippen molar-refractivity contribution in [1.29, 1.82) is 0 Å². The maximum Gasteiger partial charge on any atom is 0.277 e. The first-order valence-electron chi connectivity index (χ1n) is 6.30. The molecule has 0 aliphatic heterocycles. The normalized spacial score (nSPS) is 16.3. The van der Waals surface area contributed by atoms with Gasteiger partial charge in [0.15, 0.2) is 0 Å². The fraction of sp³-hybridized carbons (Fsp3) is 0.583. The first-order valence-corrected chi connectivity index (χ1v) is 6.30. The molecule has 2 aromatic rings. The topological polar surface area (TPSA) is 60.0 Å². The number of nitrogens with zero attached hydrogens (tertiary/aromatic N) is 5. The van der Waals surface area contributed by atoms with Crippen LogP contribution in [-0.2, 0) is 0 Å². The molecule has 96 valence electrons. The Morgan fingerprint density at radius 3 is 2.78 bits per heavy atom. The zero-order valence-electron chi connectivity index (χ0n) is 10.7. The number of anilines is 1. The Bertz CT molecular complexity index is 524. The Morgan fingerprint density at radius 2 is 2.11 bits per heavy atom. The van der Waals surface area contributed by atoms with E-state index in [4.69, 9.17) is 4.52 Å². The van der Waals surface area contributed by atoms with Gasteiger partial charge in [-0.05, 0) is 24.1 Å². The molecule has 0 saturated heterocycles. The maximum atomic E-state index is 5.31. The lowest BCUT2D eigenvalue weighted by molar-refractivity contribution is 0.415. The summed E-state index contributed by atoms with van der Waals surface area (Å²) in [5, 5.41) is 8.34. The van der Waals surface area contributed by atoms with Crippen molar-refractivity contribution in [1.82, 2.24) is 19.9 Å². The third-order valence-electron chi connectivity index (χ3n) is 3.38. The van der Waals surface area contributed by atoms with Crippen LogP contribution < -0.4 is 4.90 Å². The van der Waals surface area contributed by atoms with E-state index in [1.807, 2.05) is 29.7 Å². The average Bonchev–Trinajstić information content (AvgIpc) is 3.10. The Balaban J connectivity index is 1.93. The molecular weight excluding hydrogens is 230 g/mol. The average molecular weight is 247 g/mol. The van der Waals surface area contributed by atoms with Gasteiger partial charge in [-0.15, -0.1) is 0 Å². The molecule has 2 heterocycles. The highest BCUT2D eigenvalue weighted by Crippen LogP contribution is 2.32. The van der Waals surface area contributed by atoms with Gasteiger partial charge in [0.25, 0.3) is 11.8 Å². The quantitative estimate of drug-likeness (QED) is 0.831. The van der Waals surface area contributed by atoms with Gasteiger partial charge in [0.2, 0.25) is 0 Å². The summed E-state index contributed by atoms with van der Waals surface area (Å²) in [6.07, 6.45) is 6.72. The summed E-state index contributed by atoms with van der Waals surface area (Å²) in [4.78, 5) is 6.19. The molecule has 3 rings (SSSR count). The minimum atomic E-state index is 0.477. The highest BCUT2D eigenvalue weighted by Gasteiger charge is 2.23. The van der Waals surface area contributed by atoms with Gasteiger partial charge in [0, 0.05) is 20.3 Å². The van der Waals surface area contributed by atoms with E-state index in [9.17, 15) is 0 Å². The minimum absolute atomic E-state index is 0.477. The largest absolute Gasteiger partial charge is 0.344 e. The van der Waals surface area contributed by atoms with Crippen LogP contribution in [0.15, 0.2) is 16.8 Å². The minimum Gasteiger partial charge on any atom is -0.344 e.